The molecule has 5 nitrogen and oxygen atoms in total. The zero-order valence-electron chi connectivity index (χ0n) is 15.6. The zero-order chi connectivity index (χ0) is 17.9. The highest BCUT2D eigenvalue weighted by atomic mass is 35.5. The molecule has 0 spiro atoms. The van der Waals surface area contributed by atoms with Crippen molar-refractivity contribution in [1.29, 1.82) is 0 Å². The average molecular weight is 368 g/mol. The summed E-state index contributed by atoms with van der Waals surface area (Å²) >= 11 is 0. The van der Waals surface area contributed by atoms with Crippen molar-refractivity contribution in [2.24, 2.45) is 11.7 Å². The van der Waals surface area contributed by atoms with Crippen LogP contribution in [-0.2, 0) is 9.59 Å². The van der Waals surface area contributed by atoms with Crippen LogP contribution in [0.4, 0.5) is 5.69 Å². The molecule has 1 aromatic rings. The van der Waals surface area contributed by atoms with Gasteiger partial charge >= 0.3 is 0 Å². The van der Waals surface area contributed by atoms with Gasteiger partial charge in [-0.25, -0.2) is 0 Å². The third-order valence-corrected chi connectivity index (χ3v) is 5.20. The predicted octanol–water partition coefficient (Wildman–Crippen LogP) is 2.78. The van der Waals surface area contributed by atoms with Gasteiger partial charge < -0.3 is 15.5 Å². The molecule has 2 rings (SSSR count). The Labute approximate surface area is 157 Å². The lowest BCUT2D eigenvalue weighted by Gasteiger charge is -2.27. The van der Waals surface area contributed by atoms with Crippen LogP contribution in [0, 0.1) is 5.92 Å². The van der Waals surface area contributed by atoms with Crippen molar-refractivity contribution >= 4 is 29.9 Å². The number of nitrogens with two attached hydrogens (primary N) is 1. The van der Waals surface area contributed by atoms with E-state index in [1.165, 1.54) is 5.56 Å². The van der Waals surface area contributed by atoms with Crippen LogP contribution in [0.3, 0.4) is 0 Å². The molecule has 0 saturated carbocycles. The molecule has 6 heteroatoms. The van der Waals surface area contributed by atoms with Crippen molar-refractivity contribution in [3.63, 3.8) is 0 Å². The first-order chi connectivity index (χ1) is 11.4. The molecular formula is C19H30ClN3O2. The molecule has 0 aromatic heterocycles. The predicted molar refractivity (Wildman–Crippen MR) is 104 cm³/mol. The highest BCUT2D eigenvalue weighted by Crippen LogP contribution is 2.33. The first-order valence-corrected chi connectivity index (χ1v) is 8.76. The van der Waals surface area contributed by atoms with Crippen LogP contribution in [0.1, 0.15) is 45.1 Å². The van der Waals surface area contributed by atoms with Crippen molar-refractivity contribution in [3.05, 3.63) is 29.8 Å². The van der Waals surface area contributed by atoms with Gasteiger partial charge in [-0.1, -0.05) is 32.0 Å². The van der Waals surface area contributed by atoms with Gasteiger partial charge in [0.1, 0.15) is 0 Å². The Hall–Kier alpha value is -1.59. The van der Waals surface area contributed by atoms with Gasteiger partial charge in [-0.15, -0.1) is 12.4 Å². The number of hydrogen-bond donors (Lipinski definition) is 1. The highest BCUT2D eigenvalue weighted by Gasteiger charge is 2.38. The van der Waals surface area contributed by atoms with E-state index in [1.54, 1.807) is 16.8 Å². The first kappa shape index (κ1) is 21.5. The molecule has 1 aliphatic heterocycles. The maximum Gasteiger partial charge on any atom is 0.228 e. The number of nitrogens with zero attached hydrogens (tertiary/aromatic N) is 2. The minimum atomic E-state index is -0.290. The number of likely N-dealkylation sites (N-methyl/N-ethyl adjacent to an activating group) is 1. The number of carbonyl (C=O) groups is 2. The van der Waals surface area contributed by atoms with Crippen LogP contribution < -0.4 is 10.6 Å². The summed E-state index contributed by atoms with van der Waals surface area (Å²) in [5, 5.41) is 0. The van der Waals surface area contributed by atoms with E-state index in [-0.39, 0.29) is 42.6 Å². The van der Waals surface area contributed by atoms with Crippen LogP contribution in [0.2, 0.25) is 0 Å². The number of hydrogen-bond acceptors (Lipinski definition) is 3. The standard InChI is InChI=1S/C19H29N3O2.ClH/c1-5-13(2)16-8-6-7-9-17(16)22-12-15(10-18(22)23)19(24)21(4)14(3)11-20;/h6-9,13-15H,5,10-12,20H2,1-4H3;1H. The van der Waals surface area contributed by atoms with Crippen LogP contribution in [0.25, 0.3) is 0 Å². The number of benzene rings is 1. The first-order valence-electron chi connectivity index (χ1n) is 8.76. The van der Waals surface area contributed by atoms with Gasteiger partial charge in [0.25, 0.3) is 0 Å². The number of amides is 2. The minimum absolute atomic E-state index is 0. The Bertz CT molecular complexity index is 608. The Morgan fingerprint density at radius 2 is 2.00 bits per heavy atom. The Morgan fingerprint density at radius 1 is 1.36 bits per heavy atom. The molecule has 1 fully saturated rings. The van der Waals surface area contributed by atoms with Gasteiger partial charge in [0.05, 0.1) is 5.92 Å². The van der Waals surface area contributed by atoms with E-state index in [4.69, 9.17) is 5.73 Å². The van der Waals surface area contributed by atoms with Gasteiger partial charge in [-0.05, 0) is 30.9 Å². The second kappa shape index (κ2) is 9.20. The van der Waals surface area contributed by atoms with Gasteiger partial charge in [-0.3, -0.25) is 9.59 Å². The summed E-state index contributed by atoms with van der Waals surface area (Å²) in [4.78, 5) is 28.6. The maximum atomic E-state index is 12.6. The number of halogens is 1. The molecule has 25 heavy (non-hydrogen) atoms. The smallest absolute Gasteiger partial charge is 0.228 e. The van der Waals surface area contributed by atoms with E-state index >= 15 is 0 Å². The molecule has 0 bridgehead atoms. The summed E-state index contributed by atoms with van der Waals surface area (Å²) in [6.45, 7) is 7.10. The minimum Gasteiger partial charge on any atom is -0.341 e. The third kappa shape index (κ3) is 4.53. The van der Waals surface area contributed by atoms with Gasteiger partial charge in [-0.2, -0.15) is 0 Å². The van der Waals surface area contributed by atoms with Crippen molar-refractivity contribution in [3.8, 4) is 0 Å². The van der Waals surface area contributed by atoms with E-state index in [2.05, 4.69) is 19.9 Å². The average Bonchev–Trinajstić information content (AvgIpc) is 3.00. The second-order valence-electron chi connectivity index (χ2n) is 6.81. The Kier molecular flexibility index (Phi) is 7.90. The normalized spacial score (nSPS) is 19.3. The van der Waals surface area contributed by atoms with E-state index in [9.17, 15) is 9.59 Å². The quantitative estimate of drug-likeness (QED) is 0.840. The highest BCUT2D eigenvalue weighted by molar-refractivity contribution is 6.00. The Balaban J connectivity index is 0.00000312. The molecule has 0 radical (unpaired) electrons. The van der Waals surface area contributed by atoms with E-state index in [1.807, 2.05) is 25.1 Å². The molecular weight excluding hydrogens is 338 g/mol. The summed E-state index contributed by atoms with van der Waals surface area (Å²) in [5.41, 5.74) is 7.77. The fourth-order valence-electron chi connectivity index (χ4n) is 3.14. The second-order valence-corrected chi connectivity index (χ2v) is 6.81. The number of rotatable bonds is 6. The lowest BCUT2D eigenvalue weighted by atomic mass is 9.96. The van der Waals surface area contributed by atoms with E-state index in [0.717, 1.165) is 12.1 Å². The summed E-state index contributed by atoms with van der Waals surface area (Å²) in [7, 11) is 1.76. The SMILES string of the molecule is CCC(C)c1ccccc1N1CC(C(=O)N(C)C(C)CN)CC1=O.Cl. The molecule has 0 aliphatic carbocycles. The third-order valence-electron chi connectivity index (χ3n) is 5.20. The van der Waals surface area contributed by atoms with Crippen LogP contribution in [-0.4, -0.2) is 42.9 Å². The monoisotopic (exact) mass is 367 g/mol. The molecule has 3 unspecified atom stereocenters. The molecule has 1 saturated heterocycles. The van der Waals surface area contributed by atoms with Crippen molar-refractivity contribution < 1.29 is 9.59 Å². The molecule has 2 amide bonds. The number of anilines is 1. The molecule has 2 N–H and O–H groups in total. The fourth-order valence-corrected chi connectivity index (χ4v) is 3.14. The topological polar surface area (TPSA) is 66.6 Å². The summed E-state index contributed by atoms with van der Waals surface area (Å²) in [5.74, 6) is 0.118. The largest absolute Gasteiger partial charge is 0.341 e. The van der Waals surface area contributed by atoms with Crippen molar-refractivity contribution in [1.82, 2.24) is 4.90 Å². The fraction of sp³-hybridized carbons (Fsp3) is 0.579. The Morgan fingerprint density at radius 3 is 2.60 bits per heavy atom. The van der Waals surface area contributed by atoms with Gasteiger partial charge in [0.2, 0.25) is 11.8 Å². The number of para-hydroxylation sites is 1. The van der Waals surface area contributed by atoms with E-state index < -0.39 is 0 Å². The van der Waals surface area contributed by atoms with Gasteiger partial charge in [0, 0.05) is 38.3 Å². The molecule has 1 heterocycles. The molecule has 1 aliphatic rings. The van der Waals surface area contributed by atoms with Crippen molar-refractivity contribution in [2.45, 2.75) is 45.6 Å². The lowest BCUT2D eigenvalue weighted by molar-refractivity contribution is -0.136. The number of carbonyl (C=O) groups excluding carboxylic acids is 2. The van der Waals surface area contributed by atoms with Crippen molar-refractivity contribution in [2.75, 3.05) is 25.0 Å². The molecule has 1 aromatic carbocycles. The van der Waals surface area contributed by atoms with Crippen LogP contribution in [0.5, 0.6) is 0 Å². The van der Waals surface area contributed by atoms with Crippen LogP contribution >= 0.6 is 12.4 Å². The summed E-state index contributed by atoms with van der Waals surface area (Å²) < 4.78 is 0. The molecule has 140 valence electrons. The lowest BCUT2D eigenvalue weighted by Crippen LogP contribution is -2.43. The maximum absolute atomic E-state index is 12.6. The summed E-state index contributed by atoms with van der Waals surface area (Å²) in [6, 6.07) is 8.00. The van der Waals surface area contributed by atoms with Crippen LogP contribution in [0.15, 0.2) is 24.3 Å². The van der Waals surface area contributed by atoms with Gasteiger partial charge in [0.15, 0.2) is 0 Å². The molecule has 3 atom stereocenters. The summed E-state index contributed by atoms with van der Waals surface area (Å²) in [6.07, 6.45) is 1.29. The zero-order valence-corrected chi connectivity index (χ0v) is 16.4. The van der Waals surface area contributed by atoms with E-state index in [0.29, 0.717) is 19.0 Å².